The van der Waals surface area contributed by atoms with Crippen LogP contribution >= 0.6 is 7.60 Å². The molecule has 0 aromatic heterocycles. The van der Waals surface area contributed by atoms with Crippen LogP contribution in [0.15, 0.2) is 11.9 Å². The maximum atomic E-state index is 10.5. The van der Waals surface area contributed by atoms with E-state index >= 15 is 0 Å². The monoisotopic (exact) mass is 290 g/mol. The Hall–Kier alpha value is -0.110. The van der Waals surface area contributed by atoms with Gasteiger partial charge in [0, 0.05) is 5.82 Å². The van der Waals surface area contributed by atoms with E-state index in [0.29, 0.717) is 0 Å². The Morgan fingerprint density at radius 3 is 1.63 bits per heavy atom. The Kier molecular flexibility index (Phi) is 12.8. The Bertz CT molecular complexity index is 258. The molecular formula is C15H31O3P. The van der Waals surface area contributed by atoms with Gasteiger partial charge in [-0.05, 0) is 12.8 Å². The highest BCUT2D eigenvalue weighted by Gasteiger charge is 2.04. The second kappa shape index (κ2) is 12.9. The molecule has 2 N–H and O–H groups in total. The van der Waals surface area contributed by atoms with Crippen LogP contribution in [0.1, 0.15) is 84.0 Å². The highest BCUT2D eigenvalue weighted by Crippen LogP contribution is 2.36. The van der Waals surface area contributed by atoms with Gasteiger partial charge in [0.2, 0.25) is 0 Å². The highest BCUT2D eigenvalue weighted by atomic mass is 31.2. The van der Waals surface area contributed by atoms with E-state index in [1.807, 2.05) is 0 Å². The van der Waals surface area contributed by atoms with Crippen LogP contribution in [0.5, 0.6) is 0 Å². The van der Waals surface area contributed by atoms with Crippen molar-refractivity contribution in [2.24, 2.45) is 0 Å². The number of hydrogen-bond donors (Lipinski definition) is 2. The molecule has 0 saturated heterocycles. The van der Waals surface area contributed by atoms with Gasteiger partial charge in [0.1, 0.15) is 0 Å². The van der Waals surface area contributed by atoms with Gasteiger partial charge in [-0.15, -0.1) is 0 Å². The fourth-order valence-electron chi connectivity index (χ4n) is 2.14. The second-order valence-electron chi connectivity index (χ2n) is 5.30. The number of allylic oxidation sites excluding steroid dienone is 1. The van der Waals surface area contributed by atoms with E-state index in [4.69, 9.17) is 9.79 Å². The number of rotatable bonds is 13. The van der Waals surface area contributed by atoms with Crippen molar-refractivity contribution in [3.05, 3.63) is 11.9 Å². The third-order valence-corrected chi connectivity index (χ3v) is 3.87. The zero-order chi connectivity index (χ0) is 14.4. The zero-order valence-corrected chi connectivity index (χ0v) is 13.3. The summed E-state index contributed by atoms with van der Waals surface area (Å²) in [6.45, 7) is 2.25. The van der Waals surface area contributed by atoms with Gasteiger partial charge in [0.05, 0.1) is 0 Å². The quantitative estimate of drug-likeness (QED) is 0.354. The first-order valence-electron chi connectivity index (χ1n) is 7.79. The standard InChI is InChI=1S/C15H31O3P/c1-2-3-4-5-6-7-8-9-10-11-12-13-14-15-19(16,17)18/h14-15H,2-13H2,1H3,(H2,16,17,18)/b15-14+. The third kappa shape index (κ3) is 17.9. The van der Waals surface area contributed by atoms with Crippen molar-refractivity contribution < 1.29 is 14.4 Å². The van der Waals surface area contributed by atoms with Crippen LogP contribution in [0.3, 0.4) is 0 Å². The van der Waals surface area contributed by atoms with E-state index in [9.17, 15) is 4.57 Å². The predicted molar refractivity (Wildman–Crippen MR) is 82.3 cm³/mol. The summed E-state index contributed by atoms with van der Waals surface area (Å²) < 4.78 is 10.5. The molecule has 0 amide bonds. The van der Waals surface area contributed by atoms with Crippen molar-refractivity contribution in [1.82, 2.24) is 0 Å². The lowest BCUT2D eigenvalue weighted by atomic mass is 10.1. The average molecular weight is 290 g/mol. The topological polar surface area (TPSA) is 57.5 Å². The smallest absolute Gasteiger partial charge is 0.321 e. The zero-order valence-electron chi connectivity index (χ0n) is 12.4. The molecule has 0 spiro atoms. The van der Waals surface area contributed by atoms with Crippen molar-refractivity contribution in [3.8, 4) is 0 Å². The molecule has 0 aromatic rings. The van der Waals surface area contributed by atoms with E-state index < -0.39 is 7.60 Å². The Labute approximate surface area is 118 Å². The lowest BCUT2D eigenvalue weighted by Gasteiger charge is -2.01. The van der Waals surface area contributed by atoms with Crippen LogP contribution in [-0.2, 0) is 4.57 Å². The summed E-state index contributed by atoms with van der Waals surface area (Å²) in [5.74, 6) is 1.02. The first kappa shape index (κ1) is 18.9. The minimum Gasteiger partial charge on any atom is -0.321 e. The fraction of sp³-hybridized carbons (Fsp3) is 0.867. The summed E-state index contributed by atoms with van der Waals surface area (Å²) in [7, 11) is -3.93. The largest absolute Gasteiger partial charge is 0.348 e. The molecule has 0 aliphatic rings. The molecule has 0 atom stereocenters. The van der Waals surface area contributed by atoms with Crippen LogP contribution in [0.4, 0.5) is 0 Å². The molecule has 0 aliphatic heterocycles. The van der Waals surface area contributed by atoms with E-state index in [2.05, 4.69) is 6.92 Å². The average Bonchev–Trinajstić information content (AvgIpc) is 2.34. The molecule has 0 rings (SSSR count). The van der Waals surface area contributed by atoms with Gasteiger partial charge >= 0.3 is 7.60 Å². The summed E-state index contributed by atoms with van der Waals surface area (Å²) in [6.07, 6.45) is 16.7. The van der Waals surface area contributed by atoms with E-state index in [1.54, 1.807) is 6.08 Å². The summed E-state index contributed by atoms with van der Waals surface area (Å²) in [5, 5.41) is 0. The van der Waals surface area contributed by atoms with Gasteiger partial charge in [-0.1, -0.05) is 77.2 Å². The molecular weight excluding hydrogens is 259 g/mol. The Morgan fingerprint density at radius 2 is 1.21 bits per heavy atom. The highest BCUT2D eigenvalue weighted by molar-refractivity contribution is 7.55. The first-order valence-corrected chi connectivity index (χ1v) is 9.47. The minimum absolute atomic E-state index is 0.780. The van der Waals surface area contributed by atoms with Gasteiger partial charge in [-0.25, -0.2) is 0 Å². The maximum Gasteiger partial charge on any atom is 0.348 e. The summed E-state index contributed by atoms with van der Waals surface area (Å²) >= 11 is 0. The maximum absolute atomic E-state index is 10.5. The lowest BCUT2D eigenvalue weighted by molar-refractivity contribution is 0.386. The van der Waals surface area contributed by atoms with Gasteiger partial charge < -0.3 is 9.79 Å². The Morgan fingerprint density at radius 1 is 0.789 bits per heavy atom. The molecule has 0 heterocycles. The van der Waals surface area contributed by atoms with Crippen molar-refractivity contribution in [3.63, 3.8) is 0 Å². The third-order valence-electron chi connectivity index (χ3n) is 3.27. The van der Waals surface area contributed by atoms with Gasteiger partial charge in [0.15, 0.2) is 0 Å². The molecule has 19 heavy (non-hydrogen) atoms. The molecule has 0 bridgehead atoms. The SMILES string of the molecule is CCCCCCCCCCCCC/C=C/P(=O)(O)O. The first-order chi connectivity index (χ1) is 9.06. The van der Waals surface area contributed by atoms with Gasteiger partial charge in [0.25, 0.3) is 0 Å². The molecule has 3 nitrogen and oxygen atoms in total. The molecule has 4 heteroatoms. The number of hydrogen-bond acceptors (Lipinski definition) is 1. The molecule has 0 unspecified atom stereocenters. The predicted octanol–water partition coefficient (Wildman–Crippen LogP) is 5.38. The minimum atomic E-state index is -3.93. The molecule has 114 valence electrons. The van der Waals surface area contributed by atoms with Crippen LogP contribution in [-0.4, -0.2) is 9.79 Å². The van der Waals surface area contributed by atoms with Gasteiger partial charge in [-0.3, -0.25) is 4.57 Å². The van der Waals surface area contributed by atoms with E-state index in [-0.39, 0.29) is 0 Å². The summed E-state index contributed by atoms with van der Waals surface area (Å²) in [6, 6.07) is 0. The molecule has 0 aromatic carbocycles. The normalized spacial score (nSPS) is 12.4. The van der Waals surface area contributed by atoms with Crippen LogP contribution < -0.4 is 0 Å². The van der Waals surface area contributed by atoms with Crippen molar-refractivity contribution in [2.45, 2.75) is 84.0 Å². The van der Waals surface area contributed by atoms with Crippen molar-refractivity contribution in [1.29, 1.82) is 0 Å². The lowest BCUT2D eigenvalue weighted by Crippen LogP contribution is -1.82. The van der Waals surface area contributed by atoms with Crippen LogP contribution in [0.25, 0.3) is 0 Å². The van der Waals surface area contributed by atoms with Gasteiger partial charge in [-0.2, -0.15) is 0 Å². The summed E-state index contributed by atoms with van der Waals surface area (Å²) in [5.41, 5.74) is 0. The second-order valence-corrected chi connectivity index (χ2v) is 6.77. The van der Waals surface area contributed by atoms with Crippen molar-refractivity contribution in [2.75, 3.05) is 0 Å². The Balaban J connectivity index is 3.11. The molecule has 0 radical (unpaired) electrons. The van der Waals surface area contributed by atoms with E-state index in [1.165, 1.54) is 64.2 Å². The van der Waals surface area contributed by atoms with E-state index in [0.717, 1.165) is 18.7 Å². The van der Waals surface area contributed by atoms with Crippen LogP contribution in [0.2, 0.25) is 0 Å². The van der Waals surface area contributed by atoms with Crippen LogP contribution in [0, 0.1) is 0 Å². The van der Waals surface area contributed by atoms with Crippen molar-refractivity contribution >= 4 is 7.60 Å². The molecule has 0 aliphatic carbocycles. The summed E-state index contributed by atoms with van der Waals surface area (Å²) in [4.78, 5) is 17.2. The molecule has 0 fully saturated rings. The fourth-order valence-corrected chi connectivity index (χ4v) is 2.56. The molecule has 0 saturated carbocycles. The number of unbranched alkanes of at least 4 members (excludes halogenated alkanes) is 11.